The summed E-state index contributed by atoms with van der Waals surface area (Å²) in [7, 11) is 0. The lowest BCUT2D eigenvalue weighted by Gasteiger charge is -2.12. The Balaban J connectivity index is 2.46. The van der Waals surface area contributed by atoms with Gasteiger partial charge in [-0.15, -0.1) is 11.8 Å². The summed E-state index contributed by atoms with van der Waals surface area (Å²) < 4.78 is 13.4. The summed E-state index contributed by atoms with van der Waals surface area (Å²) in [4.78, 5) is 26.6. The number of fused-ring (bicyclic) bond motifs is 1. The number of pyridine rings is 1. The number of halogens is 1. The molecule has 1 aromatic heterocycles. The number of carboxylic acid groups (broad SMARTS) is 2. The van der Waals surface area contributed by atoms with Crippen LogP contribution in [0.15, 0.2) is 29.2 Å². The lowest BCUT2D eigenvalue weighted by atomic mass is 10.2. The normalized spacial score (nSPS) is 12.3. The molecule has 0 bridgehead atoms. The summed E-state index contributed by atoms with van der Waals surface area (Å²) in [5.74, 6) is -2.88. The lowest BCUT2D eigenvalue weighted by Crippen LogP contribution is -2.20. The molecule has 0 saturated heterocycles. The first-order valence-electron chi connectivity index (χ1n) is 6.05. The monoisotopic (exact) mass is 309 g/mol. The van der Waals surface area contributed by atoms with Crippen LogP contribution in [0.1, 0.15) is 12.1 Å². The lowest BCUT2D eigenvalue weighted by molar-refractivity contribution is -0.142. The summed E-state index contributed by atoms with van der Waals surface area (Å²) in [5.41, 5.74) is 1.19. The van der Waals surface area contributed by atoms with Crippen molar-refractivity contribution in [3.63, 3.8) is 0 Å². The van der Waals surface area contributed by atoms with E-state index in [1.165, 1.54) is 18.2 Å². The van der Waals surface area contributed by atoms with Gasteiger partial charge in [0.1, 0.15) is 11.1 Å². The van der Waals surface area contributed by atoms with E-state index in [9.17, 15) is 14.0 Å². The van der Waals surface area contributed by atoms with E-state index < -0.39 is 29.4 Å². The molecule has 1 aromatic carbocycles. The van der Waals surface area contributed by atoms with Gasteiger partial charge in [0.2, 0.25) is 0 Å². The second-order valence-corrected chi connectivity index (χ2v) is 5.71. The summed E-state index contributed by atoms with van der Waals surface area (Å²) in [6.45, 7) is 1.74. The predicted molar refractivity (Wildman–Crippen MR) is 76.0 cm³/mol. The zero-order valence-corrected chi connectivity index (χ0v) is 11.9. The summed E-state index contributed by atoms with van der Waals surface area (Å²) in [5, 5.41) is 17.2. The summed E-state index contributed by atoms with van der Waals surface area (Å²) in [6.07, 6.45) is -0.516. The third-order valence-corrected chi connectivity index (χ3v) is 4.01. The average molecular weight is 309 g/mol. The van der Waals surface area contributed by atoms with E-state index in [4.69, 9.17) is 10.2 Å². The standard InChI is InChI=1S/C14H12FNO4S/c1-7-4-11(21-12(14(19)20)6-13(17)18)9-5-8(15)2-3-10(9)16-7/h2-5,12H,6H2,1H3,(H,17,18)(H,19,20)/t12-/m1/s1. The molecule has 21 heavy (non-hydrogen) atoms. The number of hydrogen-bond acceptors (Lipinski definition) is 4. The molecule has 5 nitrogen and oxygen atoms in total. The van der Waals surface area contributed by atoms with E-state index in [0.717, 1.165) is 11.8 Å². The first kappa shape index (κ1) is 15.2. The van der Waals surface area contributed by atoms with E-state index in [2.05, 4.69) is 4.98 Å². The van der Waals surface area contributed by atoms with Crippen LogP contribution in [0.5, 0.6) is 0 Å². The van der Waals surface area contributed by atoms with E-state index in [1.807, 2.05) is 0 Å². The molecule has 0 aliphatic rings. The zero-order valence-electron chi connectivity index (χ0n) is 11.0. The van der Waals surface area contributed by atoms with Crippen LogP contribution in [0.2, 0.25) is 0 Å². The van der Waals surface area contributed by atoms with Gasteiger partial charge in [-0.05, 0) is 31.2 Å². The van der Waals surface area contributed by atoms with Crippen LogP contribution >= 0.6 is 11.8 Å². The van der Waals surface area contributed by atoms with Crippen molar-refractivity contribution >= 4 is 34.6 Å². The third kappa shape index (κ3) is 3.69. The van der Waals surface area contributed by atoms with Gasteiger partial charge in [-0.3, -0.25) is 14.6 Å². The molecule has 0 saturated carbocycles. The van der Waals surface area contributed by atoms with Crippen molar-refractivity contribution < 1.29 is 24.2 Å². The van der Waals surface area contributed by atoms with Gasteiger partial charge in [0.05, 0.1) is 11.9 Å². The summed E-state index contributed by atoms with van der Waals surface area (Å²) in [6, 6.07) is 5.68. The number of carbonyl (C=O) groups is 2. The minimum Gasteiger partial charge on any atom is -0.481 e. The number of hydrogen-bond donors (Lipinski definition) is 2. The Morgan fingerprint density at radius 3 is 2.67 bits per heavy atom. The highest BCUT2D eigenvalue weighted by Crippen LogP contribution is 2.32. The fourth-order valence-electron chi connectivity index (χ4n) is 1.88. The Hall–Kier alpha value is -2.15. The SMILES string of the molecule is Cc1cc(S[C@H](CC(=O)O)C(=O)O)c2cc(F)ccc2n1. The fourth-order valence-corrected chi connectivity index (χ4v) is 3.04. The number of aliphatic carboxylic acids is 2. The number of thioether (sulfide) groups is 1. The van der Waals surface area contributed by atoms with Crippen molar-refractivity contribution in [2.45, 2.75) is 23.5 Å². The first-order chi connectivity index (χ1) is 9.86. The smallest absolute Gasteiger partial charge is 0.317 e. The number of carboxylic acids is 2. The third-order valence-electron chi connectivity index (χ3n) is 2.77. The van der Waals surface area contributed by atoms with E-state index in [1.54, 1.807) is 13.0 Å². The van der Waals surface area contributed by atoms with Crippen molar-refractivity contribution in [1.82, 2.24) is 4.98 Å². The van der Waals surface area contributed by atoms with Crippen LogP contribution in [-0.4, -0.2) is 32.4 Å². The molecule has 1 atom stereocenters. The molecule has 2 rings (SSSR count). The van der Waals surface area contributed by atoms with Crippen LogP contribution < -0.4 is 0 Å². The minimum atomic E-state index is -1.22. The molecular weight excluding hydrogens is 297 g/mol. The van der Waals surface area contributed by atoms with Crippen LogP contribution in [0.25, 0.3) is 10.9 Å². The molecule has 0 radical (unpaired) electrons. The van der Waals surface area contributed by atoms with Crippen molar-refractivity contribution in [2.24, 2.45) is 0 Å². The van der Waals surface area contributed by atoms with Gasteiger partial charge in [-0.25, -0.2) is 4.39 Å². The fraction of sp³-hybridized carbons (Fsp3) is 0.214. The maximum absolute atomic E-state index is 13.4. The van der Waals surface area contributed by atoms with Crippen molar-refractivity contribution in [1.29, 1.82) is 0 Å². The molecule has 0 fully saturated rings. The summed E-state index contributed by atoms with van der Waals surface area (Å²) >= 11 is 0.890. The van der Waals surface area contributed by atoms with Crippen LogP contribution in [0.4, 0.5) is 4.39 Å². The van der Waals surface area contributed by atoms with Gasteiger partial charge in [0, 0.05) is 16.0 Å². The second kappa shape index (κ2) is 6.09. The van der Waals surface area contributed by atoms with Crippen molar-refractivity contribution in [3.05, 3.63) is 35.8 Å². The van der Waals surface area contributed by atoms with Crippen LogP contribution in [-0.2, 0) is 9.59 Å². The second-order valence-electron chi connectivity index (χ2n) is 4.47. The van der Waals surface area contributed by atoms with Gasteiger partial charge in [-0.2, -0.15) is 0 Å². The predicted octanol–water partition coefficient (Wildman–Crippen LogP) is 2.70. The van der Waals surface area contributed by atoms with Gasteiger partial charge < -0.3 is 10.2 Å². The van der Waals surface area contributed by atoms with Gasteiger partial charge >= 0.3 is 11.9 Å². The Morgan fingerprint density at radius 1 is 1.33 bits per heavy atom. The molecule has 0 aliphatic heterocycles. The number of benzene rings is 1. The molecule has 0 amide bonds. The highest BCUT2D eigenvalue weighted by molar-refractivity contribution is 8.00. The molecule has 2 aromatic rings. The Labute approximate surface area is 123 Å². The Kier molecular flexibility index (Phi) is 4.42. The zero-order chi connectivity index (χ0) is 15.6. The maximum Gasteiger partial charge on any atom is 0.317 e. The van der Waals surface area contributed by atoms with Crippen LogP contribution in [0.3, 0.4) is 0 Å². The molecule has 1 heterocycles. The van der Waals surface area contributed by atoms with E-state index in [0.29, 0.717) is 21.5 Å². The molecular formula is C14H12FNO4S. The Morgan fingerprint density at radius 2 is 2.05 bits per heavy atom. The highest BCUT2D eigenvalue weighted by Gasteiger charge is 2.23. The number of nitrogens with zero attached hydrogens (tertiary/aromatic N) is 1. The maximum atomic E-state index is 13.4. The van der Waals surface area contributed by atoms with E-state index in [-0.39, 0.29) is 0 Å². The molecule has 0 unspecified atom stereocenters. The van der Waals surface area contributed by atoms with Crippen molar-refractivity contribution in [3.8, 4) is 0 Å². The van der Waals surface area contributed by atoms with Gasteiger partial charge in [0.15, 0.2) is 0 Å². The number of rotatable bonds is 5. The highest BCUT2D eigenvalue weighted by atomic mass is 32.2. The Bertz CT molecular complexity index is 719. The van der Waals surface area contributed by atoms with Crippen molar-refractivity contribution in [2.75, 3.05) is 0 Å². The minimum absolute atomic E-state index is 0.458. The van der Waals surface area contributed by atoms with Gasteiger partial charge in [-0.1, -0.05) is 0 Å². The number of aromatic nitrogens is 1. The van der Waals surface area contributed by atoms with Crippen LogP contribution in [0, 0.1) is 12.7 Å². The largest absolute Gasteiger partial charge is 0.481 e. The molecule has 0 spiro atoms. The molecule has 7 heteroatoms. The van der Waals surface area contributed by atoms with Gasteiger partial charge in [0.25, 0.3) is 0 Å². The quantitative estimate of drug-likeness (QED) is 0.826. The topological polar surface area (TPSA) is 87.5 Å². The molecule has 110 valence electrons. The van der Waals surface area contributed by atoms with E-state index >= 15 is 0 Å². The number of aryl methyl sites for hydroxylation is 1. The average Bonchev–Trinajstić information content (AvgIpc) is 2.38. The molecule has 2 N–H and O–H groups in total. The molecule has 0 aliphatic carbocycles. The first-order valence-corrected chi connectivity index (χ1v) is 6.93.